The maximum atomic E-state index is 6.58. The molecule has 3 heterocycles. The Kier molecular flexibility index (Phi) is 5.78. The molecule has 0 atom stereocenters. The molecule has 13 rings (SSSR count). The Hall–Kier alpha value is -6.84. The highest BCUT2D eigenvalue weighted by atomic mass is 16.3. The lowest BCUT2D eigenvalue weighted by molar-refractivity contribution is 0.661. The number of nitrogens with zero attached hydrogens (tertiary/aromatic N) is 2. The number of rotatable bonds is 2. The van der Waals surface area contributed by atoms with E-state index >= 15 is 0 Å². The average Bonchev–Trinajstić information content (AvgIpc) is 3.98. The highest BCUT2D eigenvalue weighted by molar-refractivity contribution is 6.14. The van der Waals surface area contributed by atoms with Crippen LogP contribution in [0, 0.1) is 0 Å². The molecule has 0 unspecified atom stereocenters. The minimum Gasteiger partial charge on any atom is -0.456 e. The lowest BCUT2D eigenvalue weighted by Crippen LogP contribution is -2.15. The van der Waals surface area contributed by atoms with E-state index in [1.165, 1.54) is 88.1 Å². The van der Waals surface area contributed by atoms with Crippen molar-refractivity contribution in [3.8, 4) is 33.6 Å². The highest BCUT2D eigenvalue weighted by Gasteiger charge is 2.37. The summed E-state index contributed by atoms with van der Waals surface area (Å²) >= 11 is 0. The van der Waals surface area contributed by atoms with Gasteiger partial charge in [-0.05, 0) is 117 Å². The zero-order valence-electron chi connectivity index (χ0n) is 32.3. The van der Waals surface area contributed by atoms with Gasteiger partial charge in [-0.3, -0.25) is 0 Å². The number of furan rings is 1. The largest absolute Gasteiger partial charge is 0.456 e. The van der Waals surface area contributed by atoms with Gasteiger partial charge in [0.1, 0.15) is 11.2 Å². The minimum absolute atomic E-state index is 0.0882. The summed E-state index contributed by atoms with van der Waals surface area (Å²) < 4.78 is 11.5. The SMILES string of the molecule is CC1(C)c2ccccc2-c2cc3c4ccccc4n(-c4ccc5oc6ccc(-n7c8ccccc8c8cc9c(cc87)C(C)(C)c7ccccc7-9)cc6c5c4)c3cc21. The number of fused-ring (bicyclic) bond motifs is 15. The monoisotopic (exact) mass is 730 g/mol. The van der Waals surface area contributed by atoms with Gasteiger partial charge in [-0.25, -0.2) is 0 Å². The third-order valence-electron chi connectivity index (χ3n) is 13.7. The molecule has 0 amide bonds. The zero-order valence-corrected chi connectivity index (χ0v) is 32.3. The number of hydrogen-bond acceptors (Lipinski definition) is 1. The molecule has 2 aliphatic rings. The summed E-state index contributed by atoms with van der Waals surface area (Å²) in [5.41, 5.74) is 19.7. The molecule has 0 radical (unpaired) electrons. The Morgan fingerprint density at radius 3 is 1.23 bits per heavy atom. The standard InChI is InChI=1S/C54H38N2O/c1-53(2)43-17-9-5-13-33(43)37-27-39-35-15-7-11-19-47(35)55(49(39)29-45(37)53)31-21-23-51-41(25-31)42-26-32(22-24-52(42)57-51)56-48-20-12-8-16-36(48)40-28-38-34-14-6-10-18-44(34)54(3,4)46(38)30-50(40)56/h5-30H,1-4H3. The summed E-state index contributed by atoms with van der Waals surface area (Å²) in [4.78, 5) is 0. The van der Waals surface area contributed by atoms with Gasteiger partial charge in [-0.15, -0.1) is 0 Å². The molecule has 2 aliphatic carbocycles. The van der Waals surface area contributed by atoms with E-state index in [4.69, 9.17) is 4.42 Å². The molecule has 0 bridgehead atoms. The molecule has 0 spiro atoms. The van der Waals surface area contributed by atoms with E-state index in [-0.39, 0.29) is 10.8 Å². The van der Waals surface area contributed by atoms with Crippen LogP contribution in [0.2, 0.25) is 0 Å². The molecule has 0 saturated heterocycles. The first kappa shape index (κ1) is 31.4. The van der Waals surface area contributed by atoms with Crippen molar-refractivity contribution >= 4 is 65.6 Å². The molecule has 270 valence electrons. The van der Waals surface area contributed by atoms with Crippen LogP contribution in [0.3, 0.4) is 0 Å². The second-order valence-corrected chi connectivity index (χ2v) is 17.3. The van der Waals surface area contributed by atoms with Crippen LogP contribution >= 0.6 is 0 Å². The van der Waals surface area contributed by atoms with E-state index in [9.17, 15) is 0 Å². The Balaban J connectivity index is 1.03. The first-order valence-corrected chi connectivity index (χ1v) is 20.1. The van der Waals surface area contributed by atoms with Crippen molar-refractivity contribution in [1.82, 2.24) is 9.13 Å². The van der Waals surface area contributed by atoms with Gasteiger partial charge >= 0.3 is 0 Å². The van der Waals surface area contributed by atoms with Crippen molar-refractivity contribution in [3.63, 3.8) is 0 Å². The lowest BCUT2D eigenvalue weighted by atomic mass is 9.82. The van der Waals surface area contributed by atoms with Gasteiger partial charge in [-0.1, -0.05) is 113 Å². The van der Waals surface area contributed by atoms with E-state index in [1.54, 1.807) is 0 Å². The van der Waals surface area contributed by atoms with Gasteiger partial charge < -0.3 is 13.6 Å². The molecular weight excluding hydrogens is 693 g/mol. The highest BCUT2D eigenvalue weighted by Crippen LogP contribution is 2.53. The zero-order chi connectivity index (χ0) is 37.9. The fraction of sp³-hybridized carbons (Fsp3) is 0.111. The van der Waals surface area contributed by atoms with Crippen molar-refractivity contribution in [1.29, 1.82) is 0 Å². The third kappa shape index (κ3) is 3.91. The van der Waals surface area contributed by atoms with Crippen LogP contribution in [0.4, 0.5) is 0 Å². The molecule has 0 fully saturated rings. The Morgan fingerprint density at radius 1 is 0.333 bits per heavy atom. The van der Waals surface area contributed by atoms with E-state index in [0.717, 1.165) is 33.3 Å². The predicted molar refractivity (Wildman–Crippen MR) is 238 cm³/mol. The molecule has 0 N–H and O–H groups in total. The van der Waals surface area contributed by atoms with E-state index in [1.807, 2.05) is 0 Å². The van der Waals surface area contributed by atoms with Crippen molar-refractivity contribution in [2.45, 2.75) is 38.5 Å². The number of para-hydroxylation sites is 2. The number of hydrogen-bond donors (Lipinski definition) is 0. The predicted octanol–water partition coefficient (Wildman–Crippen LogP) is 14.4. The topological polar surface area (TPSA) is 23.0 Å². The van der Waals surface area contributed by atoms with Crippen molar-refractivity contribution in [2.75, 3.05) is 0 Å². The summed E-state index contributed by atoms with van der Waals surface area (Å²) in [6.07, 6.45) is 0. The van der Waals surface area contributed by atoms with Crippen LogP contribution < -0.4 is 0 Å². The average molecular weight is 731 g/mol. The second kappa shape index (κ2) is 10.5. The van der Waals surface area contributed by atoms with Crippen LogP contribution in [0.15, 0.2) is 162 Å². The third-order valence-corrected chi connectivity index (χ3v) is 13.7. The summed E-state index contributed by atoms with van der Waals surface area (Å²) in [7, 11) is 0. The Morgan fingerprint density at radius 2 is 0.754 bits per heavy atom. The molecule has 0 aliphatic heterocycles. The van der Waals surface area contributed by atoms with Crippen molar-refractivity contribution in [3.05, 3.63) is 180 Å². The van der Waals surface area contributed by atoms with Crippen LogP contribution in [0.5, 0.6) is 0 Å². The fourth-order valence-electron chi connectivity index (χ4n) is 10.9. The summed E-state index contributed by atoms with van der Waals surface area (Å²) in [6.45, 7) is 9.45. The van der Waals surface area contributed by atoms with Crippen LogP contribution in [-0.4, -0.2) is 9.13 Å². The number of aromatic nitrogens is 2. The smallest absolute Gasteiger partial charge is 0.135 e. The van der Waals surface area contributed by atoms with Gasteiger partial charge in [0.25, 0.3) is 0 Å². The number of benzene rings is 8. The molecule has 3 aromatic heterocycles. The lowest BCUT2D eigenvalue weighted by Gasteiger charge is -2.21. The second-order valence-electron chi connectivity index (χ2n) is 17.3. The van der Waals surface area contributed by atoms with Gasteiger partial charge in [0.05, 0.1) is 22.1 Å². The van der Waals surface area contributed by atoms with Crippen LogP contribution in [0.1, 0.15) is 49.9 Å². The quantitative estimate of drug-likeness (QED) is 0.174. The first-order valence-electron chi connectivity index (χ1n) is 20.1. The van der Waals surface area contributed by atoms with Crippen molar-refractivity contribution in [2.24, 2.45) is 0 Å². The normalized spacial score (nSPS) is 14.9. The fourth-order valence-corrected chi connectivity index (χ4v) is 10.9. The van der Waals surface area contributed by atoms with Crippen molar-refractivity contribution < 1.29 is 4.42 Å². The van der Waals surface area contributed by atoms with E-state index in [0.29, 0.717) is 0 Å². The van der Waals surface area contributed by atoms with E-state index < -0.39 is 0 Å². The summed E-state index contributed by atoms with van der Waals surface area (Å²) in [5.74, 6) is 0. The molecule has 8 aromatic carbocycles. The van der Waals surface area contributed by atoms with Gasteiger partial charge in [-0.2, -0.15) is 0 Å². The van der Waals surface area contributed by atoms with Gasteiger partial charge in [0.15, 0.2) is 0 Å². The van der Waals surface area contributed by atoms with E-state index in [2.05, 4.69) is 195 Å². The summed E-state index contributed by atoms with van der Waals surface area (Å²) in [6, 6.07) is 58.7. The Labute approximate surface area is 330 Å². The van der Waals surface area contributed by atoms with Crippen LogP contribution in [-0.2, 0) is 10.8 Å². The van der Waals surface area contributed by atoms with Gasteiger partial charge in [0.2, 0.25) is 0 Å². The molecule has 3 nitrogen and oxygen atoms in total. The maximum absolute atomic E-state index is 6.58. The first-order chi connectivity index (χ1) is 27.8. The summed E-state index contributed by atoms with van der Waals surface area (Å²) in [5, 5.41) is 7.31. The minimum atomic E-state index is -0.0882. The molecule has 57 heavy (non-hydrogen) atoms. The Bertz CT molecular complexity index is 3350. The molecule has 11 aromatic rings. The molecule has 3 heteroatoms. The van der Waals surface area contributed by atoms with Gasteiger partial charge in [0, 0.05) is 54.5 Å². The molecular formula is C54H38N2O. The van der Waals surface area contributed by atoms with Crippen LogP contribution in [0.25, 0.3) is 99.2 Å². The maximum Gasteiger partial charge on any atom is 0.135 e. The molecule has 0 saturated carbocycles.